The van der Waals surface area contributed by atoms with Gasteiger partial charge < -0.3 is 14.6 Å². The van der Waals surface area contributed by atoms with Gasteiger partial charge in [0.1, 0.15) is 5.75 Å². The molecule has 1 amide bonds. The average molecular weight is 365 g/mol. The fourth-order valence-corrected chi connectivity index (χ4v) is 4.03. The Bertz CT molecular complexity index is 886. The molecule has 0 aromatic heterocycles. The van der Waals surface area contributed by atoms with Crippen LogP contribution < -0.4 is 14.4 Å². The second kappa shape index (κ2) is 6.99. The van der Waals surface area contributed by atoms with Gasteiger partial charge in [-0.1, -0.05) is 18.2 Å². The number of anilines is 1. The molecule has 4 rings (SSSR count). The summed E-state index contributed by atoms with van der Waals surface area (Å²) in [5, 5.41) is 10.2. The maximum absolute atomic E-state index is 13.0. The molecular weight excluding hydrogens is 342 g/mol. The van der Waals surface area contributed by atoms with E-state index in [1.54, 1.807) is 24.2 Å². The van der Waals surface area contributed by atoms with E-state index in [-0.39, 0.29) is 23.8 Å². The third-order valence-corrected chi connectivity index (χ3v) is 5.35. The normalized spacial score (nSPS) is 19.2. The Morgan fingerprint density at radius 3 is 2.67 bits per heavy atom. The number of hydrogen-bond acceptors (Lipinski definition) is 4. The highest BCUT2D eigenvalue weighted by Crippen LogP contribution is 2.44. The lowest BCUT2D eigenvalue weighted by Crippen LogP contribution is -2.26. The molecule has 5 nitrogen and oxygen atoms in total. The first-order valence-electron chi connectivity index (χ1n) is 9.26. The lowest BCUT2D eigenvalue weighted by Gasteiger charge is -2.24. The van der Waals surface area contributed by atoms with Crippen molar-refractivity contribution >= 4 is 11.6 Å². The predicted molar refractivity (Wildman–Crippen MR) is 104 cm³/mol. The largest absolute Gasteiger partial charge is 0.507 e. The summed E-state index contributed by atoms with van der Waals surface area (Å²) in [6.45, 7) is 3.89. The molecular formula is C22H23NO4. The van der Waals surface area contributed by atoms with E-state index in [0.717, 1.165) is 18.4 Å². The Morgan fingerprint density at radius 1 is 1.19 bits per heavy atom. The number of rotatable bonds is 5. The van der Waals surface area contributed by atoms with Gasteiger partial charge in [0.15, 0.2) is 11.5 Å². The van der Waals surface area contributed by atoms with E-state index in [1.807, 2.05) is 24.3 Å². The number of fused-ring (bicyclic) bond motifs is 1. The average Bonchev–Trinajstić information content (AvgIpc) is 3.28. The highest BCUT2D eigenvalue weighted by molar-refractivity contribution is 6.13. The van der Waals surface area contributed by atoms with E-state index < -0.39 is 0 Å². The summed E-state index contributed by atoms with van der Waals surface area (Å²) in [5.41, 5.74) is 1.77. The zero-order chi connectivity index (χ0) is 19.0. The van der Waals surface area contributed by atoms with Crippen LogP contribution in [0, 0.1) is 0 Å². The van der Waals surface area contributed by atoms with Gasteiger partial charge in [0.2, 0.25) is 0 Å². The number of methoxy groups -OCH3 is 1. The number of aromatic hydroxyl groups is 1. The third kappa shape index (κ3) is 2.93. The van der Waals surface area contributed by atoms with Gasteiger partial charge in [0, 0.05) is 11.8 Å². The quantitative estimate of drug-likeness (QED) is 0.786. The summed E-state index contributed by atoms with van der Waals surface area (Å²) in [6, 6.07) is 10.3. The van der Waals surface area contributed by atoms with Crippen molar-refractivity contribution in [2.24, 2.45) is 0 Å². The fraction of sp³-hybridized carbons (Fsp3) is 0.318. The monoisotopic (exact) mass is 365 g/mol. The van der Waals surface area contributed by atoms with E-state index in [4.69, 9.17) is 9.47 Å². The van der Waals surface area contributed by atoms with Crippen LogP contribution in [0.15, 0.2) is 49.1 Å². The summed E-state index contributed by atoms with van der Waals surface area (Å²) in [7, 11) is 1.61. The van der Waals surface area contributed by atoms with Crippen molar-refractivity contribution in [3.05, 3.63) is 60.2 Å². The van der Waals surface area contributed by atoms with E-state index in [2.05, 4.69) is 6.58 Å². The second-order valence-electron chi connectivity index (χ2n) is 6.96. The molecule has 2 aromatic rings. The van der Waals surface area contributed by atoms with Crippen LogP contribution in [-0.4, -0.2) is 24.2 Å². The maximum atomic E-state index is 13.0. The van der Waals surface area contributed by atoms with Gasteiger partial charge in [-0.15, -0.1) is 6.58 Å². The summed E-state index contributed by atoms with van der Waals surface area (Å²) in [6.07, 6.45) is 6.30. The highest BCUT2D eigenvalue weighted by Gasteiger charge is 2.38. The lowest BCUT2D eigenvalue weighted by atomic mass is 10.0. The highest BCUT2D eigenvalue weighted by atomic mass is 16.5. The van der Waals surface area contributed by atoms with Crippen LogP contribution in [0.3, 0.4) is 0 Å². The smallest absolute Gasteiger partial charge is 0.263 e. The third-order valence-electron chi connectivity index (χ3n) is 5.35. The molecule has 1 aliphatic heterocycles. The molecule has 5 heteroatoms. The maximum Gasteiger partial charge on any atom is 0.263 e. The van der Waals surface area contributed by atoms with Crippen molar-refractivity contribution in [2.75, 3.05) is 12.0 Å². The summed E-state index contributed by atoms with van der Waals surface area (Å²) in [4.78, 5) is 14.7. The molecule has 0 saturated heterocycles. The molecule has 0 spiro atoms. The summed E-state index contributed by atoms with van der Waals surface area (Å²) >= 11 is 0. The van der Waals surface area contributed by atoms with Crippen LogP contribution in [0.25, 0.3) is 0 Å². The number of hydrogen-bond donors (Lipinski definition) is 1. The van der Waals surface area contributed by atoms with Crippen LogP contribution in [-0.2, 0) is 0 Å². The number of nitrogens with zero attached hydrogens (tertiary/aromatic N) is 1. The minimum atomic E-state index is -0.340. The molecule has 140 valence electrons. The van der Waals surface area contributed by atoms with Gasteiger partial charge in [0.05, 0.1) is 24.8 Å². The van der Waals surface area contributed by atoms with E-state index in [9.17, 15) is 9.90 Å². The molecule has 1 saturated carbocycles. The predicted octanol–water partition coefficient (Wildman–Crippen LogP) is 4.61. The minimum absolute atomic E-state index is 0.0113. The zero-order valence-electron chi connectivity index (χ0n) is 15.4. The minimum Gasteiger partial charge on any atom is -0.507 e. The van der Waals surface area contributed by atoms with Gasteiger partial charge in [-0.2, -0.15) is 0 Å². The molecule has 0 radical (unpaired) electrons. The topological polar surface area (TPSA) is 59.0 Å². The second-order valence-corrected chi connectivity index (χ2v) is 6.96. The standard InChI is InChI=1S/C22H23NO4/c1-3-17-16-9-6-10-18(24)21(16)22(25)23(17)14-11-12-19(26-2)20(13-14)27-15-7-4-5-8-15/h3,6,9-13,15,17,24H,1,4-5,7-8H2,2H3. The Morgan fingerprint density at radius 2 is 1.96 bits per heavy atom. The number of benzene rings is 2. The van der Waals surface area contributed by atoms with Gasteiger partial charge >= 0.3 is 0 Å². The Labute approximate surface area is 158 Å². The summed E-state index contributed by atoms with van der Waals surface area (Å²) < 4.78 is 11.6. The first-order chi connectivity index (χ1) is 13.1. The molecule has 0 bridgehead atoms. The summed E-state index contributed by atoms with van der Waals surface area (Å²) in [5.74, 6) is 1.03. The number of ether oxygens (including phenoxy) is 2. The van der Waals surface area contributed by atoms with Gasteiger partial charge in [-0.25, -0.2) is 0 Å². The van der Waals surface area contributed by atoms with Gasteiger partial charge in [0.25, 0.3) is 5.91 Å². The van der Waals surface area contributed by atoms with Crippen LogP contribution >= 0.6 is 0 Å². The number of carbonyl (C=O) groups is 1. The van der Waals surface area contributed by atoms with Crippen LogP contribution in [0.2, 0.25) is 0 Å². The van der Waals surface area contributed by atoms with Crippen molar-refractivity contribution in [1.82, 2.24) is 0 Å². The number of carbonyl (C=O) groups excluding carboxylic acids is 1. The number of phenols is 1. The lowest BCUT2D eigenvalue weighted by molar-refractivity contribution is 0.0992. The fourth-order valence-electron chi connectivity index (χ4n) is 4.03. The van der Waals surface area contributed by atoms with Gasteiger partial charge in [-0.05, 0) is 49.4 Å². The molecule has 27 heavy (non-hydrogen) atoms. The molecule has 2 aliphatic rings. The first kappa shape index (κ1) is 17.5. The van der Waals surface area contributed by atoms with Crippen LogP contribution in [0.5, 0.6) is 17.2 Å². The zero-order valence-corrected chi connectivity index (χ0v) is 15.4. The molecule has 1 aliphatic carbocycles. The number of phenolic OH excluding ortho intramolecular Hbond substituents is 1. The Hall–Kier alpha value is -2.95. The SMILES string of the molecule is C=CC1c2cccc(O)c2C(=O)N1c1ccc(OC)c(OC2CCCC2)c1. The molecule has 1 N–H and O–H groups in total. The van der Waals surface area contributed by atoms with Crippen molar-refractivity contribution in [1.29, 1.82) is 0 Å². The van der Waals surface area contributed by atoms with Crippen LogP contribution in [0.1, 0.15) is 47.6 Å². The Balaban J connectivity index is 1.73. The molecule has 1 heterocycles. The van der Waals surface area contributed by atoms with Crippen molar-refractivity contribution < 1.29 is 19.4 Å². The number of amides is 1. The first-order valence-corrected chi connectivity index (χ1v) is 9.26. The Kier molecular flexibility index (Phi) is 4.52. The van der Waals surface area contributed by atoms with E-state index >= 15 is 0 Å². The van der Waals surface area contributed by atoms with Gasteiger partial charge in [-0.3, -0.25) is 9.69 Å². The molecule has 1 fully saturated rings. The molecule has 1 atom stereocenters. The van der Waals surface area contributed by atoms with Crippen molar-refractivity contribution in [3.8, 4) is 17.2 Å². The van der Waals surface area contributed by atoms with E-state index in [0.29, 0.717) is 22.7 Å². The van der Waals surface area contributed by atoms with Crippen molar-refractivity contribution in [3.63, 3.8) is 0 Å². The van der Waals surface area contributed by atoms with Crippen molar-refractivity contribution in [2.45, 2.75) is 37.8 Å². The molecule has 1 unspecified atom stereocenters. The van der Waals surface area contributed by atoms with Crippen LogP contribution in [0.4, 0.5) is 5.69 Å². The van der Waals surface area contributed by atoms with E-state index in [1.165, 1.54) is 18.9 Å². The molecule has 2 aromatic carbocycles.